The van der Waals surface area contributed by atoms with Gasteiger partial charge in [0.25, 0.3) is 11.5 Å². The van der Waals surface area contributed by atoms with E-state index in [2.05, 4.69) is 10.2 Å². The number of carbonyl (C=O) groups excluding carboxylic acids is 3. The van der Waals surface area contributed by atoms with Gasteiger partial charge in [-0.3, -0.25) is 14.4 Å². The SMILES string of the molecule is O=C(OCc1ccccc1)N1CCCC(C(=O)N2CCN(C(=O)c3cc(Oc4n[nH]c(=O)c5ccccc45)ccc3F)CC2)C1. The maximum Gasteiger partial charge on any atom is 0.410 e. The maximum absolute atomic E-state index is 14.8. The molecule has 2 aliphatic rings. The number of aromatic amines is 1. The Morgan fingerprint density at radius 1 is 0.867 bits per heavy atom. The van der Waals surface area contributed by atoms with Gasteiger partial charge in [0.1, 0.15) is 18.2 Å². The number of nitrogens with one attached hydrogen (secondary N) is 1. The van der Waals surface area contributed by atoms with Gasteiger partial charge in [0, 0.05) is 39.3 Å². The lowest BCUT2D eigenvalue weighted by atomic mass is 9.96. The molecule has 1 atom stereocenters. The highest BCUT2D eigenvalue weighted by Gasteiger charge is 2.34. The molecule has 0 saturated carbocycles. The summed E-state index contributed by atoms with van der Waals surface area (Å²) in [5, 5.41) is 7.22. The zero-order valence-electron chi connectivity index (χ0n) is 24.5. The van der Waals surface area contributed by atoms with Gasteiger partial charge >= 0.3 is 6.09 Å². The lowest BCUT2D eigenvalue weighted by Gasteiger charge is -2.38. The van der Waals surface area contributed by atoms with Crippen LogP contribution >= 0.6 is 0 Å². The fourth-order valence-corrected chi connectivity index (χ4v) is 5.72. The fourth-order valence-electron chi connectivity index (χ4n) is 5.72. The van der Waals surface area contributed by atoms with Crippen molar-refractivity contribution in [2.75, 3.05) is 39.3 Å². The van der Waals surface area contributed by atoms with Crippen LogP contribution < -0.4 is 10.3 Å². The molecule has 3 amide bonds. The van der Waals surface area contributed by atoms with Crippen LogP contribution in [-0.4, -0.2) is 82.1 Å². The number of carbonyl (C=O) groups is 3. The molecule has 3 heterocycles. The number of piperazine rings is 1. The predicted octanol–water partition coefficient (Wildman–Crippen LogP) is 4.19. The van der Waals surface area contributed by atoms with Crippen molar-refractivity contribution >= 4 is 28.7 Å². The summed E-state index contributed by atoms with van der Waals surface area (Å²) in [5.41, 5.74) is 0.354. The number of rotatable bonds is 6. The molecule has 4 aromatic rings. The Kier molecular flexibility index (Phi) is 8.72. The molecule has 1 aromatic heterocycles. The van der Waals surface area contributed by atoms with Gasteiger partial charge in [-0.15, -0.1) is 5.10 Å². The highest BCUT2D eigenvalue weighted by atomic mass is 19.1. The normalized spacial score (nSPS) is 16.8. The van der Waals surface area contributed by atoms with E-state index in [-0.39, 0.29) is 60.8 Å². The highest BCUT2D eigenvalue weighted by Crippen LogP contribution is 2.28. The predicted molar refractivity (Wildman–Crippen MR) is 162 cm³/mol. The van der Waals surface area contributed by atoms with E-state index in [4.69, 9.17) is 9.47 Å². The van der Waals surface area contributed by atoms with Crippen molar-refractivity contribution in [3.8, 4) is 11.6 Å². The molecule has 2 saturated heterocycles. The van der Waals surface area contributed by atoms with E-state index in [1.165, 1.54) is 17.0 Å². The minimum Gasteiger partial charge on any atom is -0.445 e. The molecule has 0 aliphatic carbocycles. The first-order valence-electron chi connectivity index (χ1n) is 14.9. The minimum atomic E-state index is -0.702. The molecule has 0 radical (unpaired) electrons. The Bertz CT molecular complexity index is 1770. The van der Waals surface area contributed by atoms with Crippen LogP contribution in [0.3, 0.4) is 0 Å². The number of aromatic nitrogens is 2. The molecule has 12 heteroatoms. The fraction of sp³-hybridized carbons (Fsp3) is 0.303. The first kappa shape index (κ1) is 29.8. The first-order valence-corrected chi connectivity index (χ1v) is 14.9. The second-order valence-corrected chi connectivity index (χ2v) is 11.1. The molecule has 3 aromatic carbocycles. The number of amides is 3. The summed E-state index contributed by atoms with van der Waals surface area (Å²) in [5.74, 6) is -1.34. The van der Waals surface area contributed by atoms with Gasteiger partial charge in [-0.05, 0) is 48.7 Å². The van der Waals surface area contributed by atoms with Crippen molar-refractivity contribution < 1.29 is 28.2 Å². The molecule has 0 bridgehead atoms. The van der Waals surface area contributed by atoms with Crippen LogP contribution in [0.1, 0.15) is 28.8 Å². The molecule has 6 rings (SSSR count). The monoisotopic (exact) mass is 613 g/mol. The number of H-pyrrole nitrogens is 1. The molecule has 2 fully saturated rings. The van der Waals surface area contributed by atoms with E-state index in [0.717, 1.165) is 11.6 Å². The van der Waals surface area contributed by atoms with Crippen LogP contribution in [0.4, 0.5) is 9.18 Å². The first-order chi connectivity index (χ1) is 21.9. The van der Waals surface area contributed by atoms with Crippen LogP contribution in [0.15, 0.2) is 77.6 Å². The van der Waals surface area contributed by atoms with Crippen LogP contribution in [0.25, 0.3) is 10.8 Å². The van der Waals surface area contributed by atoms with Crippen molar-refractivity contribution in [2.24, 2.45) is 5.92 Å². The van der Waals surface area contributed by atoms with Crippen LogP contribution in [-0.2, 0) is 16.1 Å². The second-order valence-electron chi connectivity index (χ2n) is 11.1. The van der Waals surface area contributed by atoms with Crippen LogP contribution in [0.5, 0.6) is 11.6 Å². The van der Waals surface area contributed by atoms with Gasteiger partial charge in [-0.2, -0.15) is 0 Å². The molecule has 1 unspecified atom stereocenters. The number of hydrogen-bond acceptors (Lipinski definition) is 7. The van der Waals surface area contributed by atoms with E-state index in [0.29, 0.717) is 43.2 Å². The number of benzene rings is 3. The molecule has 0 spiro atoms. The molecule has 45 heavy (non-hydrogen) atoms. The Hall–Kier alpha value is -5.26. The zero-order valence-corrected chi connectivity index (χ0v) is 24.5. The largest absolute Gasteiger partial charge is 0.445 e. The van der Waals surface area contributed by atoms with Crippen molar-refractivity contribution in [1.82, 2.24) is 24.9 Å². The Morgan fingerprint density at radius 3 is 2.36 bits per heavy atom. The van der Waals surface area contributed by atoms with Gasteiger partial charge in [-0.1, -0.05) is 42.5 Å². The molecule has 11 nitrogen and oxygen atoms in total. The number of hydrogen-bond donors (Lipinski definition) is 1. The summed E-state index contributed by atoms with van der Waals surface area (Å²) < 4.78 is 26.2. The van der Waals surface area contributed by atoms with Gasteiger partial charge in [0.2, 0.25) is 11.8 Å². The lowest BCUT2D eigenvalue weighted by Crippen LogP contribution is -2.54. The number of halogens is 1. The van der Waals surface area contributed by atoms with Crippen molar-refractivity contribution in [1.29, 1.82) is 0 Å². The summed E-state index contributed by atoms with van der Waals surface area (Å²) >= 11 is 0. The second kappa shape index (κ2) is 13.2. The third kappa shape index (κ3) is 6.64. The van der Waals surface area contributed by atoms with E-state index >= 15 is 0 Å². The average molecular weight is 614 g/mol. The van der Waals surface area contributed by atoms with Gasteiger partial charge < -0.3 is 24.2 Å². The average Bonchev–Trinajstić information content (AvgIpc) is 3.09. The Balaban J connectivity index is 1.05. The zero-order chi connectivity index (χ0) is 31.3. The van der Waals surface area contributed by atoms with E-state index in [1.54, 1.807) is 34.1 Å². The number of likely N-dealkylation sites (tertiary alicyclic amines) is 1. The standard InChI is InChI=1S/C33H32FN5O6/c34-28-13-12-24(45-30-26-11-5-4-10-25(26)29(40)35-36-30)19-27(28)32(42)38-17-15-37(16-18-38)31(41)23-9-6-14-39(20-23)33(43)44-21-22-7-2-1-3-8-22/h1-5,7-8,10-13,19,23H,6,9,14-18,20-21H2,(H,35,40). The Morgan fingerprint density at radius 2 is 1.58 bits per heavy atom. The maximum atomic E-state index is 14.8. The summed E-state index contributed by atoms with van der Waals surface area (Å²) in [7, 11) is 0. The molecule has 2 aliphatic heterocycles. The number of nitrogens with zero attached hydrogens (tertiary/aromatic N) is 4. The molecule has 1 N–H and O–H groups in total. The smallest absolute Gasteiger partial charge is 0.410 e. The van der Waals surface area contributed by atoms with E-state index in [9.17, 15) is 23.6 Å². The van der Waals surface area contributed by atoms with Crippen LogP contribution in [0.2, 0.25) is 0 Å². The quantitative estimate of drug-likeness (QED) is 0.346. The topological polar surface area (TPSA) is 125 Å². The summed E-state index contributed by atoms with van der Waals surface area (Å²) in [6.07, 6.45) is 0.916. The van der Waals surface area contributed by atoms with Gasteiger partial charge in [-0.25, -0.2) is 14.3 Å². The summed E-state index contributed by atoms with van der Waals surface area (Å²) in [4.78, 5) is 56.3. The van der Waals surface area contributed by atoms with E-state index in [1.807, 2.05) is 30.3 Å². The number of fused-ring (bicyclic) bond motifs is 1. The third-order valence-corrected chi connectivity index (χ3v) is 8.16. The highest BCUT2D eigenvalue weighted by molar-refractivity contribution is 5.95. The summed E-state index contributed by atoms with van der Waals surface area (Å²) in [6, 6.07) is 20.0. The Labute approximate surface area is 258 Å². The lowest BCUT2D eigenvalue weighted by molar-refractivity contribution is -0.138. The van der Waals surface area contributed by atoms with Crippen molar-refractivity contribution in [3.05, 3.63) is 100 Å². The van der Waals surface area contributed by atoms with Gasteiger partial charge in [0.05, 0.1) is 22.3 Å². The van der Waals surface area contributed by atoms with Gasteiger partial charge in [0.15, 0.2) is 0 Å². The van der Waals surface area contributed by atoms with E-state index < -0.39 is 17.8 Å². The van der Waals surface area contributed by atoms with Crippen molar-refractivity contribution in [2.45, 2.75) is 19.4 Å². The number of piperidine rings is 1. The molecule has 232 valence electrons. The summed E-state index contributed by atoms with van der Waals surface area (Å²) in [6.45, 7) is 2.04. The third-order valence-electron chi connectivity index (χ3n) is 8.16. The van der Waals surface area contributed by atoms with Crippen molar-refractivity contribution in [3.63, 3.8) is 0 Å². The van der Waals surface area contributed by atoms with Crippen LogP contribution in [0, 0.1) is 11.7 Å². The molecular weight excluding hydrogens is 581 g/mol. The number of ether oxygens (including phenoxy) is 2. The molecular formula is C33H32FN5O6. The minimum absolute atomic E-state index is 0.0649.